The van der Waals surface area contributed by atoms with Crippen LogP contribution in [0.15, 0.2) is 35.0 Å². The number of rotatable bonds is 2. The van der Waals surface area contributed by atoms with Crippen molar-refractivity contribution in [1.82, 2.24) is 5.32 Å². The van der Waals surface area contributed by atoms with Crippen LogP contribution in [-0.2, 0) is 14.3 Å². The summed E-state index contributed by atoms with van der Waals surface area (Å²) in [5.41, 5.74) is 1.75. The lowest BCUT2D eigenvalue weighted by Gasteiger charge is -2.03. The van der Waals surface area contributed by atoms with E-state index in [1.54, 1.807) is 31.2 Å². The van der Waals surface area contributed by atoms with Crippen molar-refractivity contribution >= 4 is 18.0 Å². The third-order valence-corrected chi connectivity index (χ3v) is 3.29. The lowest BCUT2D eigenvalue weighted by atomic mass is 10.0. The summed E-state index contributed by atoms with van der Waals surface area (Å²) in [6.45, 7) is 1.84. The molecule has 3 rings (SSSR count). The SMILES string of the molecule is COC(=O)C1=C(C)NC(=O)C1=Cc1ccc2c(c1)OCO2. The van der Waals surface area contributed by atoms with E-state index < -0.39 is 5.97 Å². The van der Waals surface area contributed by atoms with Gasteiger partial charge < -0.3 is 19.5 Å². The highest BCUT2D eigenvalue weighted by Gasteiger charge is 2.30. The fourth-order valence-corrected chi connectivity index (χ4v) is 2.29. The van der Waals surface area contributed by atoms with Gasteiger partial charge in [-0.3, -0.25) is 4.79 Å². The van der Waals surface area contributed by atoms with Crippen LogP contribution in [0, 0.1) is 0 Å². The molecule has 1 aromatic carbocycles. The molecular weight excluding hydrogens is 274 g/mol. The van der Waals surface area contributed by atoms with E-state index in [1.165, 1.54) is 7.11 Å². The molecule has 1 amide bonds. The van der Waals surface area contributed by atoms with Crippen LogP contribution in [0.5, 0.6) is 11.5 Å². The molecule has 1 aromatic rings. The molecule has 2 aliphatic rings. The Hall–Kier alpha value is -2.76. The van der Waals surface area contributed by atoms with E-state index in [0.29, 0.717) is 17.2 Å². The second-order valence-electron chi connectivity index (χ2n) is 4.62. The quantitative estimate of drug-likeness (QED) is 0.657. The van der Waals surface area contributed by atoms with E-state index >= 15 is 0 Å². The Kier molecular flexibility index (Phi) is 3.13. The monoisotopic (exact) mass is 287 g/mol. The van der Waals surface area contributed by atoms with E-state index in [9.17, 15) is 9.59 Å². The van der Waals surface area contributed by atoms with E-state index in [-0.39, 0.29) is 23.8 Å². The average molecular weight is 287 g/mol. The molecule has 1 N–H and O–H groups in total. The van der Waals surface area contributed by atoms with Crippen molar-refractivity contribution in [3.05, 3.63) is 40.6 Å². The van der Waals surface area contributed by atoms with Crippen molar-refractivity contribution in [2.45, 2.75) is 6.92 Å². The first-order chi connectivity index (χ1) is 10.1. The van der Waals surface area contributed by atoms with Crippen molar-refractivity contribution in [3.8, 4) is 11.5 Å². The molecule has 2 heterocycles. The van der Waals surface area contributed by atoms with Gasteiger partial charge in [0, 0.05) is 5.70 Å². The van der Waals surface area contributed by atoms with Crippen molar-refractivity contribution in [2.24, 2.45) is 0 Å². The fraction of sp³-hybridized carbons (Fsp3) is 0.200. The standard InChI is InChI=1S/C15H13NO5/c1-8-13(15(18)19-2)10(14(17)16-8)5-9-3-4-11-12(6-9)21-7-20-11/h3-6H,7H2,1-2H3,(H,16,17). The van der Waals surface area contributed by atoms with Gasteiger partial charge in [-0.2, -0.15) is 0 Å². The summed E-state index contributed by atoms with van der Waals surface area (Å²) in [4.78, 5) is 23.8. The molecule has 21 heavy (non-hydrogen) atoms. The third-order valence-electron chi connectivity index (χ3n) is 3.29. The lowest BCUT2D eigenvalue weighted by molar-refractivity contribution is -0.136. The maximum Gasteiger partial charge on any atom is 0.340 e. The summed E-state index contributed by atoms with van der Waals surface area (Å²) >= 11 is 0. The van der Waals surface area contributed by atoms with Crippen LogP contribution < -0.4 is 14.8 Å². The highest BCUT2D eigenvalue weighted by molar-refractivity contribution is 6.16. The topological polar surface area (TPSA) is 73.9 Å². The highest BCUT2D eigenvalue weighted by atomic mass is 16.7. The van der Waals surface area contributed by atoms with Crippen LogP contribution in [0.3, 0.4) is 0 Å². The third kappa shape index (κ3) is 2.24. The van der Waals surface area contributed by atoms with Gasteiger partial charge in [0.05, 0.1) is 18.3 Å². The summed E-state index contributed by atoms with van der Waals surface area (Å²) < 4.78 is 15.2. The van der Waals surface area contributed by atoms with Gasteiger partial charge in [0.15, 0.2) is 11.5 Å². The highest BCUT2D eigenvalue weighted by Crippen LogP contribution is 2.34. The molecule has 0 saturated heterocycles. The van der Waals surface area contributed by atoms with Gasteiger partial charge in [0.25, 0.3) is 5.91 Å². The molecule has 0 saturated carbocycles. The molecule has 108 valence electrons. The molecule has 6 heteroatoms. The number of methoxy groups -OCH3 is 1. The molecular formula is C15H13NO5. The molecule has 0 unspecified atom stereocenters. The number of hydrogen-bond acceptors (Lipinski definition) is 5. The van der Waals surface area contributed by atoms with Crippen molar-refractivity contribution in [2.75, 3.05) is 13.9 Å². The Morgan fingerprint density at radius 2 is 2.10 bits per heavy atom. The minimum atomic E-state index is -0.544. The van der Waals surface area contributed by atoms with Gasteiger partial charge in [-0.15, -0.1) is 0 Å². The van der Waals surface area contributed by atoms with Gasteiger partial charge in [-0.25, -0.2) is 4.79 Å². The Labute approximate surface area is 121 Å². The van der Waals surface area contributed by atoms with Crippen LogP contribution in [0.4, 0.5) is 0 Å². The molecule has 0 aliphatic carbocycles. The number of ether oxygens (including phenoxy) is 3. The van der Waals surface area contributed by atoms with E-state index in [0.717, 1.165) is 5.56 Å². The summed E-state index contributed by atoms with van der Waals surface area (Å²) in [7, 11) is 1.28. The van der Waals surface area contributed by atoms with Crippen LogP contribution in [-0.4, -0.2) is 25.8 Å². The fourth-order valence-electron chi connectivity index (χ4n) is 2.29. The molecule has 0 radical (unpaired) electrons. The van der Waals surface area contributed by atoms with Gasteiger partial charge in [0.2, 0.25) is 6.79 Å². The first-order valence-electron chi connectivity index (χ1n) is 6.32. The van der Waals surface area contributed by atoms with Gasteiger partial charge in [0.1, 0.15) is 0 Å². The van der Waals surface area contributed by atoms with Crippen LogP contribution in [0.1, 0.15) is 12.5 Å². The maximum absolute atomic E-state index is 12.0. The normalized spacial score (nSPS) is 18.2. The van der Waals surface area contributed by atoms with Crippen LogP contribution in [0.25, 0.3) is 6.08 Å². The molecule has 0 aromatic heterocycles. The van der Waals surface area contributed by atoms with Gasteiger partial charge in [-0.05, 0) is 30.7 Å². The molecule has 6 nitrogen and oxygen atoms in total. The number of esters is 1. The van der Waals surface area contributed by atoms with Crippen molar-refractivity contribution in [3.63, 3.8) is 0 Å². The maximum atomic E-state index is 12.0. The van der Waals surface area contributed by atoms with E-state index in [2.05, 4.69) is 5.32 Å². The summed E-state index contributed by atoms with van der Waals surface area (Å²) in [6, 6.07) is 5.30. The molecule has 0 bridgehead atoms. The lowest BCUT2D eigenvalue weighted by Crippen LogP contribution is -2.15. The van der Waals surface area contributed by atoms with Gasteiger partial charge >= 0.3 is 5.97 Å². The first kappa shape index (κ1) is 13.2. The number of benzene rings is 1. The predicted molar refractivity (Wildman–Crippen MR) is 73.4 cm³/mol. The molecule has 2 aliphatic heterocycles. The second kappa shape index (κ2) is 4.97. The smallest absolute Gasteiger partial charge is 0.340 e. The minimum Gasteiger partial charge on any atom is -0.465 e. The number of amides is 1. The molecule has 0 fully saturated rings. The zero-order valence-corrected chi connectivity index (χ0v) is 11.6. The zero-order valence-electron chi connectivity index (χ0n) is 11.6. The summed E-state index contributed by atoms with van der Waals surface area (Å²) in [5.74, 6) is 0.402. The van der Waals surface area contributed by atoms with E-state index in [4.69, 9.17) is 14.2 Å². The van der Waals surface area contributed by atoms with Crippen LogP contribution in [0.2, 0.25) is 0 Å². The Morgan fingerprint density at radius 3 is 2.86 bits per heavy atom. The average Bonchev–Trinajstić information content (AvgIpc) is 3.03. The number of allylic oxidation sites excluding steroid dienone is 1. The Balaban J connectivity index is 2.01. The minimum absolute atomic E-state index is 0.183. The number of hydrogen-bond donors (Lipinski definition) is 1. The predicted octanol–water partition coefficient (Wildman–Crippen LogP) is 1.38. The van der Waals surface area contributed by atoms with Crippen LogP contribution >= 0.6 is 0 Å². The first-order valence-corrected chi connectivity index (χ1v) is 6.32. The largest absolute Gasteiger partial charge is 0.465 e. The molecule has 0 atom stereocenters. The zero-order chi connectivity index (χ0) is 15.0. The van der Waals surface area contributed by atoms with Gasteiger partial charge in [-0.1, -0.05) is 6.07 Å². The number of carbonyl (C=O) groups is 2. The Bertz CT molecular complexity index is 702. The molecule has 0 spiro atoms. The number of nitrogens with one attached hydrogen (secondary N) is 1. The summed E-state index contributed by atoms with van der Waals surface area (Å²) in [6.07, 6.45) is 1.63. The van der Waals surface area contributed by atoms with Crippen molar-refractivity contribution in [1.29, 1.82) is 0 Å². The van der Waals surface area contributed by atoms with E-state index in [1.807, 2.05) is 0 Å². The number of carbonyl (C=O) groups excluding carboxylic acids is 2. The second-order valence-corrected chi connectivity index (χ2v) is 4.62. The summed E-state index contributed by atoms with van der Waals surface area (Å²) in [5, 5.41) is 2.62. The van der Waals surface area contributed by atoms with Crippen molar-refractivity contribution < 1.29 is 23.8 Å². The number of fused-ring (bicyclic) bond motifs is 1. The Morgan fingerprint density at radius 1 is 1.33 bits per heavy atom.